The molecular weight excluding hydrogens is 256 g/mol. The normalized spacial score (nSPS) is 17.5. The van der Waals surface area contributed by atoms with Gasteiger partial charge in [0.25, 0.3) is 0 Å². The van der Waals surface area contributed by atoms with Crippen molar-refractivity contribution in [2.24, 2.45) is 5.92 Å². The number of nitrogens with zero attached hydrogens (tertiary/aromatic N) is 2. The second-order valence-electron chi connectivity index (χ2n) is 6.13. The molecule has 110 valence electrons. The van der Waals surface area contributed by atoms with Gasteiger partial charge in [-0.2, -0.15) is 0 Å². The van der Waals surface area contributed by atoms with Crippen LogP contribution < -0.4 is 0 Å². The second kappa shape index (κ2) is 6.38. The van der Waals surface area contributed by atoms with Crippen LogP contribution in [0.1, 0.15) is 49.9 Å². The highest BCUT2D eigenvalue weighted by molar-refractivity contribution is 5.55. The van der Waals surface area contributed by atoms with Gasteiger partial charge in [0, 0.05) is 17.5 Å². The molecule has 1 atom stereocenters. The van der Waals surface area contributed by atoms with Crippen LogP contribution in [-0.4, -0.2) is 9.97 Å². The van der Waals surface area contributed by atoms with E-state index in [1.54, 1.807) is 0 Å². The molecule has 1 aliphatic carbocycles. The van der Waals surface area contributed by atoms with Gasteiger partial charge in [-0.25, -0.2) is 9.97 Å². The molecule has 21 heavy (non-hydrogen) atoms. The van der Waals surface area contributed by atoms with Gasteiger partial charge in [0.2, 0.25) is 0 Å². The molecule has 1 aromatic carbocycles. The summed E-state index contributed by atoms with van der Waals surface area (Å²) in [6.45, 7) is 4.49. The number of hydrogen-bond acceptors (Lipinski definition) is 2. The van der Waals surface area contributed by atoms with Crippen LogP contribution in [0.2, 0.25) is 0 Å². The van der Waals surface area contributed by atoms with Crippen molar-refractivity contribution in [1.82, 2.24) is 9.97 Å². The molecule has 0 spiro atoms. The highest BCUT2D eigenvalue weighted by atomic mass is 14.9. The van der Waals surface area contributed by atoms with Gasteiger partial charge in [0.05, 0.1) is 0 Å². The molecule has 2 aromatic rings. The van der Waals surface area contributed by atoms with Crippen molar-refractivity contribution in [2.45, 2.75) is 52.4 Å². The van der Waals surface area contributed by atoms with Crippen molar-refractivity contribution in [3.05, 3.63) is 47.3 Å². The fourth-order valence-corrected chi connectivity index (χ4v) is 3.18. The maximum Gasteiger partial charge on any atom is 0.159 e. The van der Waals surface area contributed by atoms with Gasteiger partial charge in [0.1, 0.15) is 0 Å². The van der Waals surface area contributed by atoms with E-state index < -0.39 is 0 Å². The Hall–Kier alpha value is -1.70. The molecule has 3 rings (SSSR count). The Balaban J connectivity index is 1.83. The molecule has 2 nitrogen and oxygen atoms in total. The van der Waals surface area contributed by atoms with E-state index in [1.165, 1.54) is 36.1 Å². The first-order valence-corrected chi connectivity index (χ1v) is 8.24. The van der Waals surface area contributed by atoms with E-state index in [2.05, 4.69) is 49.3 Å². The standard InChI is InChI=1S/C19H24N2/c1-3-5-15-6-9-16(10-7-15)19-20-13-17-12-14(4-2)8-11-18(17)21-19/h6-7,9-10,13-14H,3-5,8,11-12H2,1-2H3. The molecule has 0 fully saturated rings. The zero-order valence-corrected chi connectivity index (χ0v) is 13.1. The largest absolute Gasteiger partial charge is 0.236 e. The molecular formula is C19H24N2. The SMILES string of the molecule is CCCc1ccc(-c2ncc3c(n2)CCC(CC)C3)cc1. The predicted molar refractivity (Wildman–Crippen MR) is 87.3 cm³/mol. The van der Waals surface area contributed by atoms with Crippen LogP contribution in [-0.2, 0) is 19.3 Å². The maximum absolute atomic E-state index is 4.82. The third-order valence-corrected chi connectivity index (χ3v) is 4.58. The molecule has 1 heterocycles. The highest BCUT2D eigenvalue weighted by Gasteiger charge is 2.19. The molecule has 0 aliphatic heterocycles. The average Bonchev–Trinajstić information content (AvgIpc) is 2.55. The Morgan fingerprint density at radius 3 is 2.67 bits per heavy atom. The van der Waals surface area contributed by atoms with Crippen molar-refractivity contribution in [1.29, 1.82) is 0 Å². The Labute approximate surface area is 127 Å². The number of benzene rings is 1. The first kappa shape index (κ1) is 14.2. The van der Waals surface area contributed by atoms with Crippen molar-refractivity contribution >= 4 is 0 Å². The smallest absolute Gasteiger partial charge is 0.159 e. The van der Waals surface area contributed by atoms with Crippen molar-refractivity contribution < 1.29 is 0 Å². The van der Waals surface area contributed by atoms with E-state index in [4.69, 9.17) is 4.98 Å². The van der Waals surface area contributed by atoms with Crippen LogP contribution in [0.3, 0.4) is 0 Å². The summed E-state index contributed by atoms with van der Waals surface area (Å²) in [5, 5.41) is 0. The monoisotopic (exact) mass is 280 g/mol. The number of rotatable bonds is 4. The molecule has 0 bridgehead atoms. The van der Waals surface area contributed by atoms with Crippen LogP contribution in [0, 0.1) is 5.92 Å². The van der Waals surface area contributed by atoms with Gasteiger partial charge in [-0.05, 0) is 42.7 Å². The topological polar surface area (TPSA) is 25.8 Å². The van der Waals surface area contributed by atoms with Gasteiger partial charge in [-0.15, -0.1) is 0 Å². The fourth-order valence-electron chi connectivity index (χ4n) is 3.18. The molecule has 0 saturated heterocycles. The summed E-state index contributed by atoms with van der Waals surface area (Å²) in [6.07, 6.45) is 9.19. The summed E-state index contributed by atoms with van der Waals surface area (Å²) in [4.78, 5) is 9.41. The number of fused-ring (bicyclic) bond motifs is 1. The summed E-state index contributed by atoms with van der Waals surface area (Å²) in [7, 11) is 0. The van der Waals surface area contributed by atoms with Crippen molar-refractivity contribution in [2.75, 3.05) is 0 Å². The number of aromatic nitrogens is 2. The Bertz CT molecular complexity index is 601. The minimum atomic E-state index is 0.820. The van der Waals surface area contributed by atoms with Crippen LogP contribution in [0.5, 0.6) is 0 Å². The summed E-state index contributed by atoms with van der Waals surface area (Å²) in [5.41, 5.74) is 5.15. The van der Waals surface area contributed by atoms with Crippen molar-refractivity contribution in [3.63, 3.8) is 0 Å². The Morgan fingerprint density at radius 1 is 1.14 bits per heavy atom. The number of aryl methyl sites for hydroxylation is 2. The fraction of sp³-hybridized carbons (Fsp3) is 0.474. The van der Waals surface area contributed by atoms with Gasteiger partial charge < -0.3 is 0 Å². The van der Waals surface area contributed by atoms with Crippen LogP contribution in [0.4, 0.5) is 0 Å². The molecule has 1 unspecified atom stereocenters. The van der Waals surface area contributed by atoms with E-state index in [1.807, 2.05) is 0 Å². The van der Waals surface area contributed by atoms with Gasteiger partial charge in [-0.3, -0.25) is 0 Å². The van der Waals surface area contributed by atoms with Crippen molar-refractivity contribution in [3.8, 4) is 11.4 Å². The van der Waals surface area contributed by atoms with E-state index in [-0.39, 0.29) is 0 Å². The van der Waals surface area contributed by atoms with Gasteiger partial charge >= 0.3 is 0 Å². The molecule has 0 saturated carbocycles. The first-order chi connectivity index (χ1) is 10.3. The summed E-state index contributed by atoms with van der Waals surface area (Å²) in [6, 6.07) is 8.72. The van der Waals surface area contributed by atoms with Crippen LogP contribution >= 0.6 is 0 Å². The second-order valence-corrected chi connectivity index (χ2v) is 6.13. The third-order valence-electron chi connectivity index (χ3n) is 4.58. The molecule has 1 aliphatic rings. The lowest BCUT2D eigenvalue weighted by molar-refractivity contribution is 0.439. The summed E-state index contributed by atoms with van der Waals surface area (Å²) >= 11 is 0. The van der Waals surface area contributed by atoms with Crippen LogP contribution in [0.15, 0.2) is 30.5 Å². The third kappa shape index (κ3) is 3.15. The quantitative estimate of drug-likeness (QED) is 0.817. The maximum atomic E-state index is 4.82. The van der Waals surface area contributed by atoms with Gasteiger partial charge in [0.15, 0.2) is 5.82 Å². The lowest BCUT2D eigenvalue weighted by Crippen LogP contribution is -2.15. The highest BCUT2D eigenvalue weighted by Crippen LogP contribution is 2.27. The molecule has 0 amide bonds. The zero-order chi connectivity index (χ0) is 14.7. The molecule has 0 N–H and O–H groups in total. The summed E-state index contributed by atoms with van der Waals surface area (Å²) < 4.78 is 0. The van der Waals surface area contributed by atoms with E-state index in [0.29, 0.717) is 0 Å². The lowest BCUT2D eigenvalue weighted by atomic mass is 9.86. The minimum Gasteiger partial charge on any atom is -0.236 e. The van der Waals surface area contributed by atoms with E-state index >= 15 is 0 Å². The van der Waals surface area contributed by atoms with E-state index in [0.717, 1.165) is 36.6 Å². The first-order valence-electron chi connectivity index (χ1n) is 8.24. The molecule has 0 radical (unpaired) electrons. The number of hydrogen-bond donors (Lipinski definition) is 0. The lowest BCUT2D eigenvalue weighted by Gasteiger charge is -2.22. The Kier molecular flexibility index (Phi) is 4.33. The minimum absolute atomic E-state index is 0.820. The molecule has 2 heteroatoms. The van der Waals surface area contributed by atoms with Gasteiger partial charge in [-0.1, -0.05) is 51.0 Å². The Morgan fingerprint density at radius 2 is 1.95 bits per heavy atom. The zero-order valence-electron chi connectivity index (χ0n) is 13.1. The van der Waals surface area contributed by atoms with Crippen LogP contribution in [0.25, 0.3) is 11.4 Å². The van der Waals surface area contributed by atoms with E-state index in [9.17, 15) is 0 Å². The summed E-state index contributed by atoms with van der Waals surface area (Å²) in [5.74, 6) is 1.70. The molecule has 1 aromatic heterocycles. The predicted octanol–water partition coefficient (Wildman–Crippen LogP) is 4.61. The average molecular weight is 280 g/mol.